The standard InChI is InChI=1S/C22H28N2O3S/c1-2-24(19-13-7-4-8-14-19)28(26,27)21-16-10-9-15-20(21)23-22(25)17-18-11-5-3-6-12-18/h4,7-10,13-16,18H,2-3,5-6,11-12,17H2,1H3,(H,23,25). The maximum absolute atomic E-state index is 13.3. The first kappa shape index (κ1) is 20.4. The van der Waals surface area contributed by atoms with E-state index in [0.29, 0.717) is 30.3 Å². The molecule has 0 unspecified atom stereocenters. The second-order valence-corrected chi connectivity index (χ2v) is 9.09. The monoisotopic (exact) mass is 400 g/mol. The summed E-state index contributed by atoms with van der Waals surface area (Å²) in [7, 11) is -3.79. The van der Waals surface area contributed by atoms with Gasteiger partial charge in [0, 0.05) is 13.0 Å². The molecule has 5 nitrogen and oxygen atoms in total. The van der Waals surface area contributed by atoms with Gasteiger partial charge in [0.05, 0.1) is 11.4 Å². The molecule has 0 atom stereocenters. The summed E-state index contributed by atoms with van der Waals surface area (Å²) < 4.78 is 28.0. The number of carbonyl (C=O) groups is 1. The Morgan fingerprint density at radius 2 is 1.64 bits per heavy atom. The molecular formula is C22H28N2O3S. The predicted molar refractivity (Wildman–Crippen MR) is 113 cm³/mol. The Kier molecular flexibility index (Phi) is 6.73. The van der Waals surface area contributed by atoms with Crippen molar-refractivity contribution in [3.8, 4) is 0 Å². The minimum Gasteiger partial charge on any atom is -0.325 e. The quantitative estimate of drug-likeness (QED) is 0.725. The molecule has 2 aromatic carbocycles. The Hall–Kier alpha value is -2.34. The Bertz CT molecular complexity index is 891. The predicted octanol–water partition coefficient (Wildman–Crippen LogP) is 4.81. The molecule has 0 spiro atoms. The number of benzene rings is 2. The third-order valence-corrected chi connectivity index (χ3v) is 7.22. The van der Waals surface area contributed by atoms with Crippen molar-refractivity contribution in [2.45, 2.75) is 50.3 Å². The molecule has 0 bridgehead atoms. The zero-order valence-electron chi connectivity index (χ0n) is 16.3. The number of para-hydroxylation sites is 2. The summed E-state index contributed by atoms with van der Waals surface area (Å²) in [5.41, 5.74) is 0.950. The molecule has 0 saturated heterocycles. The number of amides is 1. The average molecular weight is 401 g/mol. The first-order valence-electron chi connectivity index (χ1n) is 9.99. The fourth-order valence-electron chi connectivity index (χ4n) is 3.85. The summed E-state index contributed by atoms with van der Waals surface area (Å²) in [6, 6.07) is 15.6. The largest absolute Gasteiger partial charge is 0.325 e. The number of hydrogen-bond donors (Lipinski definition) is 1. The molecule has 1 saturated carbocycles. The smallest absolute Gasteiger partial charge is 0.266 e. The number of nitrogens with one attached hydrogen (secondary N) is 1. The average Bonchev–Trinajstić information content (AvgIpc) is 2.70. The Labute approximate surface area is 167 Å². The molecule has 1 fully saturated rings. The van der Waals surface area contributed by atoms with Gasteiger partial charge in [-0.1, -0.05) is 49.6 Å². The first-order chi connectivity index (χ1) is 13.5. The topological polar surface area (TPSA) is 66.5 Å². The Morgan fingerprint density at radius 1 is 1.00 bits per heavy atom. The Morgan fingerprint density at radius 3 is 2.32 bits per heavy atom. The minimum absolute atomic E-state index is 0.114. The normalized spacial score (nSPS) is 15.2. The van der Waals surface area contributed by atoms with Gasteiger partial charge in [0.2, 0.25) is 5.91 Å². The number of carbonyl (C=O) groups excluding carboxylic acids is 1. The molecule has 0 aromatic heterocycles. The van der Waals surface area contributed by atoms with Gasteiger partial charge in [-0.2, -0.15) is 0 Å². The van der Waals surface area contributed by atoms with Crippen LogP contribution in [-0.2, 0) is 14.8 Å². The van der Waals surface area contributed by atoms with Gasteiger partial charge in [0.1, 0.15) is 4.90 Å². The maximum Gasteiger partial charge on any atom is 0.266 e. The zero-order chi connectivity index (χ0) is 20.0. The summed E-state index contributed by atoms with van der Waals surface area (Å²) in [4.78, 5) is 12.7. The maximum atomic E-state index is 13.3. The van der Waals surface area contributed by atoms with Crippen LogP contribution >= 0.6 is 0 Å². The molecule has 150 valence electrons. The van der Waals surface area contributed by atoms with Crippen LogP contribution in [0, 0.1) is 5.92 Å². The second kappa shape index (κ2) is 9.24. The van der Waals surface area contributed by atoms with E-state index in [1.54, 1.807) is 43.3 Å². The molecule has 0 heterocycles. The molecule has 1 amide bonds. The van der Waals surface area contributed by atoms with Crippen LogP contribution in [0.15, 0.2) is 59.5 Å². The molecule has 3 rings (SSSR count). The van der Waals surface area contributed by atoms with E-state index in [4.69, 9.17) is 0 Å². The van der Waals surface area contributed by atoms with E-state index in [2.05, 4.69) is 5.32 Å². The molecule has 2 aromatic rings. The van der Waals surface area contributed by atoms with Crippen LogP contribution in [0.1, 0.15) is 45.4 Å². The van der Waals surface area contributed by atoms with Gasteiger partial charge >= 0.3 is 0 Å². The third-order valence-electron chi connectivity index (χ3n) is 5.26. The van der Waals surface area contributed by atoms with Gasteiger partial charge in [-0.3, -0.25) is 9.10 Å². The van der Waals surface area contributed by atoms with Crippen molar-refractivity contribution in [1.82, 2.24) is 0 Å². The molecular weight excluding hydrogens is 372 g/mol. The van der Waals surface area contributed by atoms with Crippen LogP contribution < -0.4 is 9.62 Å². The van der Waals surface area contributed by atoms with Crippen molar-refractivity contribution < 1.29 is 13.2 Å². The zero-order valence-corrected chi connectivity index (χ0v) is 17.1. The second-order valence-electron chi connectivity index (χ2n) is 7.26. The molecule has 1 N–H and O–H groups in total. The highest BCUT2D eigenvalue weighted by molar-refractivity contribution is 7.93. The third kappa shape index (κ3) is 4.73. The summed E-state index contributed by atoms with van der Waals surface area (Å²) in [6.07, 6.45) is 6.18. The highest BCUT2D eigenvalue weighted by Crippen LogP contribution is 2.30. The van der Waals surface area contributed by atoms with E-state index in [1.165, 1.54) is 23.6 Å². The summed E-state index contributed by atoms with van der Waals surface area (Å²) in [6.45, 7) is 2.10. The number of rotatable bonds is 7. The van der Waals surface area contributed by atoms with Crippen LogP contribution in [0.25, 0.3) is 0 Å². The highest BCUT2D eigenvalue weighted by atomic mass is 32.2. The Balaban J connectivity index is 1.83. The van der Waals surface area contributed by atoms with Gasteiger partial charge in [-0.15, -0.1) is 0 Å². The van der Waals surface area contributed by atoms with Gasteiger partial charge in [-0.05, 0) is 49.9 Å². The van der Waals surface area contributed by atoms with Gasteiger partial charge < -0.3 is 5.32 Å². The molecule has 0 radical (unpaired) electrons. The highest BCUT2D eigenvalue weighted by Gasteiger charge is 2.27. The van der Waals surface area contributed by atoms with Crippen molar-refractivity contribution in [3.05, 3.63) is 54.6 Å². The van der Waals surface area contributed by atoms with Crippen molar-refractivity contribution in [1.29, 1.82) is 0 Å². The minimum atomic E-state index is -3.79. The number of sulfonamides is 1. The molecule has 28 heavy (non-hydrogen) atoms. The fraction of sp³-hybridized carbons (Fsp3) is 0.409. The van der Waals surface area contributed by atoms with E-state index in [1.807, 2.05) is 18.2 Å². The lowest BCUT2D eigenvalue weighted by Gasteiger charge is -2.25. The molecule has 0 aliphatic heterocycles. The van der Waals surface area contributed by atoms with Crippen molar-refractivity contribution in [2.24, 2.45) is 5.92 Å². The lowest BCUT2D eigenvalue weighted by Crippen LogP contribution is -2.31. The van der Waals surface area contributed by atoms with Crippen LogP contribution in [0.3, 0.4) is 0 Å². The van der Waals surface area contributed by atoms with Gasteiger partial charge in [0.25, 0.3) is 10.0 Å². The summed E-state index contributed by atoms with van der Waals surface area (Å²) in [5, 5.41) is 2.85. The van der Waals surface area contributed by atoms with E-state index >= 15 is 0 Å². The lowest BCUT2D eigenvalue weighted by molar-refractivity contribution is -0.117. The van der Waals surface area contributed by atoms with Crippen molar-refractivity contribution >= 4 is 27.3 Å². The van der Waals surface area contributed by atoms with E-state index in [0.717, 1.165) is 12.8 Å². The van der Waals surface area contributed by atoms with E-state index < -0.39 is 10.0 Å². The summed E-state index contributed by atoms with van der Waals surface area (Å²) in [5.74, 6) is 0.284. The van der Waals surface area contributed by atoms with E-state index in [9.17, 15) is 13.2 Å². The lowest BCUT2D eigenvalue weighted by atomic mass is 9.87. The number of anilines is 2. The van der Waals surface area contributed by atoms with Crippen molar-refractivity contribution in [2.75, 3.05) is 16.2 Å². The number of nitrogens with zero attached hydrogens (tertiary/aromatic N) is 1. The first-order valence-corrected chi connectivity index (χ1v) is 11.4. The van der Waals surface area contributed by atoms with Gasteiger partial charge in [0.15, 0.2) is 0 Å². The van der Waals surface area contributed by atoms with Crippen molar-refractivity contribution in [3.63, 3.8) is 0 Å². The van der Waals surface area contributed by atoms with Crippen LogP contribution in [0.2, 0.25) is 0 Å². The molecule has 1 aliphatic rings. The van der Waals surface area contributed by atoms with Gasteiger partial charge in [-0.25, -0.2) is 8.42 Å². The van der Waals surface area contributed by atoms with Crippen LogP contribution in [-0.4, -0.2) is 20.9 Å². The fourth-order valence-corrected chi connectivity index (χ4v) is 5.48. The molecule has 1 aliphatic carbocycles. The number of hydrogen-bond acceptors (Lipinski definition) is 3. The SMILES string of the molecule is CCN(c1ccccc1)S(=O)(=O)c1ccccc1NC(=O)CC1CCCCC1. The molecule has 6 heteroatoms. The van der Waals surface area contributed by atoms with Crippen LogP contribution in [0.4, 0.5) is 11.4 Å². The summed E-state index contributed by atoms with van der Waals surface area (Å²) >= 11 is 0. The van der Waals surface area contributed by atoms with Crippen LogP contribution in [0.5, 0.6) is 0 Å². The van der Waals surface area contributed by atoms with E-state index in [-0.39, 0.29) is 10.8 Å².